The molecule has 1 aromatic carbocycles. The molecule has 1 aliphatic heterocycles. The van der Waals surface area contributed by atoms with Gasteiger partial charge in [0.05, 0.1) is 23.9 Å². The van der Waals surface area contributed by atoms with Gasteiger partial charge in [-0.15, -0.1) is 0 Å². The van der Waals surface area contributed by atoms with Gasteiger partial charge < -0.3 is 30.7 Å². The smallest absolute Gasteiger partial charge is 0.417 e. The van der Waals surface area contributed by atoms with E-state index in [0.717, 1.165) is 6.92 Å². The van der Waals surface area contributed by atoms with Gasteiger partial charge in [0, 0.05) is 18.7 Å². The molecule has 0 amide bonds. The van der Waals surface area contributed by atoms with Gasteiger partial charge in [-0.3, -0.25) is 0 Å². The number of anilines is 2. The Bertz CT molecular complexity index is 1470. The third-order valence-electron chi connectivity index (χ3n) is 6.39. The van der Waals surface area contributed by atoms with Crippen molar-refractivity contribution in [3.63, 3.8) is 0 Å². The Kier molecular flexibility index (Phi) is 11.1. The summed E-state index contributed by atoms with van der Waals surface area (Å²) in [6.07, 6.45) is -5.23. The van der Waals surface area contributed by atoms with Crippen LogP contribution in [0.25, 0.3) is 22.2 Å². The molecule has 4 rings (SSSR count). The second-order valence-electron chi connectivity index (χ2n) is 10.3. The molecule has 2 aromatic heterocycles. The number of alkyl halides is 5. The Labute approximate surface area is 250 Å². The van der Waals surface area contributed by atoms with Crippen molar-refractivity contribution in [1.29, 1.82) is 0 Å². The third kappa shape index (κ3) is 7.88. The van der Waals surface area contributed by atoms with Gasteiger partial charge in [-0.25, -0.2) is 22.5 Å². The number of nitrogens with two attached hydrogens (primary N) is 1. The number of nitrogen functional groups attached to an aromatic ring is 1. The van der Waals surface area contributed by atoms with Gasteiger partial charge in [0.2, 0.25) is 5.88 Å². The van der Waals surface area contributed by atoms with Crippen LogP contribution < -0.4 is 25.8 Å². The SMILES string of the molecule is CC.Cc1c(F)c(N)cc(-c2nc3c4c(nc(OCC(F)(F)CN(C)C)nc4c2F)NCCNCCC(C)O3)c1C(F)(F)F. The average Bonchev–Trinajstić information content (AvgIpc) is 2.96. The fraction of sp³-hybridized carbons (Fsp3) is 0.536. The molecule has 3 heterocycles. The number of pyridine rings is 1. The van der Waals surface area contributed by atoms with Crippen molar-refractivity contribution in [2.75, 3.05) is 57.9 Å². The first-order valence-electron chi connectivity index (χ1n) is 13.9. The van der Waals surface area contributed by atoms with Crippen LogP contribution in [-0.4, -0.2) is 78.8 Å². The normalized spacial score (nSPS) is 16.0. The molecule has 44 heavy (non-hydrogen) atoms. The van der Waals surface area contributed by atoms with E-state index < -0.39 is 82.6 Å². The molecule has 244 valence electrons. The molecular formula is C28H36F7N7O2. The van der Waals surface area contributed by atoms with E-state index in [0.29, 0.717) is 25.6 Å². The summed E-state index contributed by atoms with van der Waals surface area (Å²) >= 11 is 0. The molecule has 1 aliphatic rings. The Morgan fingerprint density at radius 1 is 1.05 bits per heavy atom. The van der Waals surface area contributed by atoms with Gasteiger partial charge in [0.25, 0.3) is 5.92 Å². The highest BCUT2D eigenvalue weighted by Gasteiger charge is 2.39. The lowest BCUT2D eigenvalue weighted by atomic mass is 9.96. The number of rotatable bonds is 6. The highest BCUT2D eigenvalue weighted by atomic mass is 19.4. The Balaban J connectivity index is 0.00000259. The van der Waals surface area contributed by atoms with E-state index >= 15 is 4.39 Å². The average molecular weight is 636 g/mol. The maximum absolute atomic E-state index is 16.3. The summed E-state index contributed by atoms with van der Waals surface area (Å²) in [6.45, 7) is 5.89. The number of benzene rings is 1. The van der Waals surface area contributed by atoms with Gasteiger partial charge in [-0.2, -0.15) is 23.1 Å². The van der Waals surface area contributed by atoms with Crippen molar-refractivity contribution >= 4 is 22.4 Å². The number of ether oxygens (including phenoxy) is 2. The zero-order valence-electron chi connectivity index (χ0n) is 25.2. The highest BCUT2D eigenvalue weighted by molar-refractivity contribution is 5.96. The maximum atomic E-state index is 16.3. The molecule has 0 saturated carbocycles. The molecule has 4 N–H and O–H groups in total. The van der Waals surface area contributed by atoms with Gasteiger partial charge >= 0.3 is 12.2 Å². The molecule has 1 unspecified atom stereocenters. The lowest BCUT2D eigenvalue weighted by molar-refractivity contribution is -0.137. The van der Waals surface area contributed by atoms with E-state index in [4.69, 9.17) is 15.2 Å². The number of halogens is 7. The lowest BCUT2D eigenvalue weighted by Gasteiger charge is -2.22. The predicted octanol–water partition coefficient (Wildman–Crippen LogP) is 5.65. The highest BCUT2D eigenvalue weighted by Crippen LogP contribution is 2.44. The molecular weight excluding hydrogens is 599 g/mol. The Morgan fingerprint density at radius 3 is 2.36 bits per heavy atom. The van der Waals surface area contributed by atoms with Crippen LogP contribution in [0, 0.1) is 18.6 Å². The largest absolute Gasteiger partial charge is 0.474 e. The standard InChI is InChI=1S/C26H30F7N7O2.C2H6/c1-12-5-6-35-7-8-36-22-16-21(38-24(39-22)41-11-25(29,30)10-40(3)4)19(28)20(37-23(16)42-12)14-9-15(34)18(27)13(2)17(14)26(31,32)33;1-2/h9,12,35H,5-8,10-11,34H2,1-4H3,(H,36,38,39);1-2H3. The van der Waals surface area contributed by atoms with E-state index in [1.54, 1.807) is 6.92 Å². The quantitative estimate of drug-likeness (QED) is 0.234. The second-order valence-corrected chi connectivity index (χ2v) is 10.3. The van der Waals surface area contributed by atoms with E-state index in [2.05, 4.69) is 25.6 Å². The first kappa shape index (κ1) is 34.8. The number of hydrogen-bond donors (Lipinski definition) is 3. The van der Waals surface area contributed by atoms with Crippen molar-refractivity contribution in [3.05, 3.63) is 28.8 Å². The van der Waals surface area contributed by atoms with E-state index in [9.17, 15) is 26.3 Å². The lowest BCUT2D eigenvalue weighted by Crippen LogP contribution is -2.37. The zero-order valence-corrected chi connectivity index (χ0v) is 25.2. The molecule has 9 nitrogen and oxygen atoms in total. The molecule has 3 aromatic rings. The molecule has 1 atom stereocenters. The molecule has 0 bridgehead atoms. The van der Waals surface area contributed by atoms with Crippen LogP contribution in [0.2, 0.25) is 0 Å². The van der Waals surface area contributed by atoms with Crippen LogP contribution in [-0.2, 0) is 6.18 Å². The summed E-state index contributed by atoms with van der Waals surface area (Å²) in [4.78, 5) is 13.4. The Hall–Kier alpha value is -3.66. The van der Waals surface area contributed by atoms with E-state index in [-0.39, 0.29) is 23.6 Å². The number of nitrogens with one attached hydrogen (secondary N) is 2. The number of aromatic nitrogens is 3. The molecule has 0 spiro atoms. The van der Waals surface area contributed by atoms with Crippen LogP contribution >= 0.6 is 0 Å². The summed E-state index contributed by atoms with van der Waals surface area (Å²) < 4.78 is 113. The fourth-order valence-corrected chi connectivity index (χ4v) is 4.58. The van der Waals surface area contributed by atoms with E-state index in [1.807, 2.05) is 13.8 Å². The first-order chi connectivity index (χ1) is 20.6. The summed E-state index contributed by atoms with van der Waals surface area (Å²) in [5.41, 5.74) is 0.287. The minimum atomic E-state index is -5.12. The summed E-state index contributed by atoms with van der Waals surface area (Å²) in [5, 5.41) is 5.94. The first-order valence-corrected chi connectivity index (χ1v) is 13.9. The maximum Gasteiger partial charge on any atom is 0.417 e. The monoisotopic (exact) mass is 635 g/mol. The summed E-state index contributed by atoms with van der Waals surface area (Å²) in [6, 6.07) is -0.0278. The molecule has 0 fully saturated rings. The van der Waals surface area contributed by atoms with Crippen molar-refractivity contribution in [3.8, 4) is 23.1 Å². The number of nitrogens with zero attached hydrogens (tertiary/aromatic N) is 4. The third-order valence-corrected chi connectivity index (χ3v) is 6.39. The Morgan fingerprint density at radius 2 is 1.73 bits per heavy atom. The van der Waals surface area contributed by atoms with Crippen LogP contribution in [0.4, 0.5) is 42.2 Å². The molecule has 0 aliphatic carbocycles. The van der Waals surface area contributed by atoms with Crippen molar-refractivity contribution in [1.82, 2.24) is 25.2 Å². The number of hydrogen-bond acceptors (Lipinski definition) is 9. The van der Waals surface area contributed by atoms with Crippen LogP contribution in [0.1, 0.15) is 38.3 Å². The minimum Gasteiger partial charge on any atom is -0.474 e. The second kappa shape index (κ2) is 14.0. The topological polar surface area (TPSA) is 110 Å². The van der Waals surface area contributed by atoms with E-state index in [1.165, 1.54) is 19.0 Å². The molecule has 0 saturated heterocycles. The van der Waals surface area contributed by atoms with Gasteiger partial charge in [0.1, 0.15) is 28.2 Å². The van der Waals surface area contributed by atoms with Crippen molar-refractivity contribution in [2.45, 2.75) is 52.3 Å². The fourth-order valence-electron chi connectivity index (χ4n) is 4.58. The zero-order chi connectivity index (χ0) is 33.0. The van der Waals surface area contributed by atoms with Crippen LogP contribution in [0.15, 0.2) is 6.07 Å². The molecule has 0 radical (unpaired) electrons. The van der Waals surface area contributed by atoms with Gasteiger partial charge in [-0.1, -0.05) is 13.8 Å². The van der Waals surface area contributed by atoms with Crippen molar-refractivity contribution in [2.24, 2.45) is 0 Å². The molecule has 16 heteroatoms. The van der Waals surface area contributed by atoms with Crippen LogP contribution in [0.3, 0.4) is 0 Å². The predicted molar refractivity (Wildman–Crippen MR) is 153 cm³/mol. The van der Waals surface area contributed by atoms with Crippen molar-refractivity contribution < 1.29 is 40.2 Å². The van der Waals surface area contributed by atoms with Crippen LogP contribution in [0.5, 0.6) is 11.9 Å². The summed E-state index contributed by atoms with van der Waals surface area (Å²) in [5.74, 6) is -6.44. The van der Waals surface area contributed by atoms with Gasteiger partial charge in [-0.05, 0) is 52.5 Å². The summed E-state index contributed by atoms with van der Waals surface area (Å²) in [7, 11) is 2.88. The van der Waals surface area contributed by atoms with Gasteiger partial charge in [0.15, 0.2) is 12.4 Å². The minimum absolute atomic E-state index is 0.0966.